The number of urea groups is 1. The Balaban J connectivity index is 1.96. The number of carbonyl (C=O) groups excluding carboxylic acids is 1. The normalized spacial score (nSPS) is 19.3. The first-order valence-electron chi connectivity index (χ1n) is 6.64. The van der Waals surface area contributed by atoms with E-state index in [9.17, 15) is 4.79 Å². The minimum absolute atomic E-state index is 0.00241. The van der Waals surface area contributed by atoms with Gasteiger partial charge in [-0.15, -0.1) is 0 Å². The van der Waals surface area contributed by atoms with Crippen molar-refractivity contribution in [3.63, 3.8) is 0 Å². The first kappa shape index (κ1) is 12.9. The molecular weight excluding hydrogens is 226 g/mol. The molecule has 0 bridgehead atoms. The van der Waals surface area contributed by atoms with Crippen molar-refractivity contribution in [1.29, 1.82) is 0 Å². The van der Waals surface area contributed by atoms with Crippen molar-refractivity contribution < 1.29 is 4.79 Å². The molecule has 1 aromatic rings. The highest BCUT2D eigenvalue weighted by Crippen LogP contribution is 2.13. The summed E-state index contributed by atoms with van der Waals surface area (Å²) in [5, 5.41) is 6.30. The van der Waals surface area contributed by atoms with E-state index in [1.807, 2.05) is 42.2 Å². The van der Waals surface area contributed by atoms with E-state index in [0.29, 0.717) is 6.04 Å². The van der Waals surface area contributed by atoms with Crippen molar-refractivity contribution in [2.75, 3.05) is 25.0 Å². The molecule has 4 nitrogen and oxygen atoms in total. The zero-order valence-corrected chi connectivity index (χ0v) is 10.9. The Morgan fingerprint density at radius 2 is 2.22 bits per heavy atom. The monoisotopic (exact) mass is 247 g/mol. The summed E-state index contributed by atoms with van der Waals surface area (Å²) in [6.45, 7) is 4.73. The highest BCUT2D eigenvalue weighted by atomic mass is 16.2. The molecule has 2 rings (SSSR count). The summed E-state index contributed by atoms with van der Waals surface area (Å²) < 4.78 is 0. The zero-order valence-electron chi connectivity index (χ0n) is 10.9. The number of rotatable bonds is 3. The molecule has 1 saturated heterocycles. The summed E-state index contributed by atoms with van der Waals surface area (Å²) in [7, 11) is 0. The van der Waals surface area contributed by atoms with Gasteiger partial charge in [-0.05, 0) is 38.4 Å². The average Bonchev–Trinajstić information content (AvgIpc) is 2.42. The molecule has 4 heteroatoms. The summed E-state index contributed by atoms with van der Waals surface area (Å²) in [5.74, 6) is 0. The van der Waals surface area contributed by atoms with Crippen LogP contribution in [0.5, 0.6) is 0 Å². The number of carbonyl (C=O) groups is 1. The second-order valence-electron chi connectivity index (χ2n) is 4.58. The van der Waals surface area contributed by atoms with Gasteiger partial charge < -0.3 is 15.5 Å². The number of para-hydroxylation sites is 1. The molecule has 0 saturated carbocycles. The maximum atomic E-state index is 12.2. The van der Waals surface area contributed by atoms with Gasteiger partial charge in [0, 0.05) is 24.8 Å². The minimum atomic E-state index is -0.00241. The van der Waals surface area contributed by atoms with Crippen molar-refractivity contribution >= 4 is 11.7 Å². The predicted octanol–water partition coefficient (Wildman–Crippen LogP) is 2.29. The number of hydrogen-bond acceptors (Lipinski definition) is 2. The zero-order chi connectivity index (χ0) is 12.8. The highest BCUT2D eigenvalue weighted by Gasteiger charge is 2.23. The van der Waals surface area contributed by atoms with E-state index in [4.69, 9.17) is 0 Å². The van der Waals surface area contributed by atoms with Gasteiger partial charge in [0.1, 0.15) is 0 Å². The van der Waals surface area contributed by atoms with Crippen LogP contribution < -0.4 is 10.6 Å². The lowest BCUT2D eigenvalue weighted by Crippen LogP contribution is -2.50. The van der Waals surface area contributed by atoms with E-state index in [1.165, 1.54) is 0 Å². The van der Waals surface area contributed by atoms with E-state index in [2.05, 4.69) is 10.6 Å². The van der Waals surface area contributed by atoms with Gasteiger partial charge >= 0.3 is 6.03 Å². The summed E-state index contributed by atoms with van der Waals surface area (Å²) in [4.78, 5) is 14.1. The second kappa shape index (κ2) is 6.40. The Kier molecular flexibility index (Phi) is 4.59. The van der Waals surface area contributed by atoms with Crippen LogP contribution in [0.25, 0.3) is 0 Å². The Labute approximate surface area is 108 Å². The molecule has 1 aliphatic rings. The van der Waals surface area contributed by atoms with E-state index < -0.39 is 0 Å². The molecule has 2 amide bonds. The van der Waals surface area contributed by atoms with Crippen LogP contribution in [0.1, 0.15) is 19.8 Å². The van der Waals surface area contributed by atoms with Crippen molar-refractivity contribution in [1.82, 2.24) is 10.2 Å². The molecule has 1 aliphatic heterocycles. The lowest BCUT2D eigenvalue weighted by atomic mass is 10.1. The van der Waals surface area contributed by atoms with Crippen LogP contribution in [0.15, 0.2) is 30.3 Å². The SMILES string of the molecule is CCN(C(=O)Nc1ccccc1)C1CCCNC1. The third kappa shape index (κ3) is 3.23. The van der Waals surface area contributed by atoms with Gasteiger partial charge in [-0.2, -0.15) is 0 Å². The number of likely N-dealkylation sites (N-methyl/N-ethyl adjacent to an activating group) is 1. The van der Waals surface area contributed by atoms with Gasteiger partial charge in [-0.1, -0.05) is 18.2 Å². The van der Waals surface area contributed by atoms with Crippen molar-refractivity contribution in [3.05, 3.63) is 30.3 Å². The minimum Gasteiger partial charge on any atom is -0.321 e. The van der Waals surface area contributed by atoms with E-state index in [-0.39, 0.29) is 6.03 Å². The molecular formula is C14H21N3O. The smallest absolute Gasteiger partial charge is 0.321 e. The molecule has 98 valence electrons. The van der Waals surface area contributed by atoms with Crippen LogP contribution >= 0.6 is 0 Å². The van der Waals surface area contributed by atoms with Crippen LogP contribution in [-0.2, 0) is 0 Å². The molecule has 1 unspecified atom stereocenters. The lowest BCUT2D eigenvalue weighted by Gasteiger charge is -2.33. The third-order valence-corrected chi connectivity index (χ3v) is 3.34. The number of nitrogens with one attached hydrogen (secondary N) is 2. The van der Waals surface area contributed by atoms with Crippen molar-refractivity contribution in [2.45, 2.75) is 25.8 Å². The van der Waals surface area contributed by atoms with E-state index >= 15 is 0 Å². The van der Waals surface area contributed by atoms with Gasteiger partial charge in [0.2, 0.25) is 0 Å². The summed E-state index contributed by atoms with van der Waals surface area (Å²) in [6.07, 6.45) is 2.23. The number of piperidine rings is 1. The first-order chi connectivity index (χ1) is 8.81. The molecule has 18 heavy (non-hydrogen) atoms. The van der Waals surface area contributed by atoms with Gasteiger partial charge in [0.05, 0.1) is 0 Å². The molecule has 0 aliphatic carbocycles. The fraction of sp³-hybridized carbons (Fsp3) is 0.500. The number of nitrogens with zero attached hydrogens (tertiary/aromatic N) is 1. The summed E-state index contributed by atoms with van der Waals surface area (Å²) >= 11 is 0. The molecule has 0 spiro atoms. The van der Waals surface area contributed by atoms with Gasteiger partial charge in [-0.3, -0.25) is 0 Å². The predicted molar refractivity (Wildman–Crippen MR) is 73.7 cm³/mol. The van der Waals surface area contributed by atoms with E-state index in [0.717, 1.165) is 38.2 Å². The Morgan fingerprint density at radius 3 is 2.83 bits per heavy atom. The molecule has 0 aromatic heterocycles. The quantitative estimate of drug-likeness (QED) is 0.860. The number of amides is 2. The van der Waals surface area contributed by atoms with Crippen LogP contribution in [0.2, 0.25) is 0 Å². The van der Waals surface area contributed by atoms with E-state index in [1.54, 1.807) is 0 Å². The molecule has 1 atom stereocenters. The Bertz CT molecular complexity index is 374. The lowest BCUT2D eigenvalue weighted by molar-refractivity contribution is 0.177. The van der Waals surface area contributed by atoms with Gasteiger partial charge in [0.15, 0.2) is 0 Å². The number of benzene rings is 1. The maximum absolute atomic E-state index is 12.2. The maximum Gasteiger partial charge on any atom is 0.322 e. The first-order valence-corrected chi connectivity index (χ1v) is 6.64. The third-order valence-electron chi connectivity index (χ3n) is 3.34. The standard InChI is InChI=1S/C14H21N3O/c1-2-17(13-9-6-10-15-11-13)14(18)16-12-7-4-3-5-8-12/h3-5,7-8,13,15H,2,6,9-11H2,1H3,(H,16,18). The summed E-state index contributed by atoms with van der Waals surface area (Å²) in [6, 6.07) is 9.92. The van der Waals surface area contributed by atoms with Crippen molar-refractivity contribution in [2.24, 2.45) is 0 Å². The molecule has 1 heterocycles. The van der Waals surface area contributed by atoms with Crippen LogP contribution in [-0.4, -0.2) is 36.6 Å². The highest BCUT2D eigenvalue weighted by molar-refractivity contribution is 5.89. The fourth-order valence-electron chi connectivity index (χ4n) is 2.38. The molecule has 1 aromatic carbocycles. The van der Waals surface area contributed by atoms with Crippen LogP contribution in [0.4, 0.5) is 10.5 Å². The Hall–Kier alpha value is -1.55. The Morgan fingerprint density at radius 1 is 1.44 bits per heavy atom. The average molecular weight is 247 g/mol. The van der Waals surface area contributed by atoms with Crippen molar-refractivity contribution in [3.8, 4) is 0 Å². The fourth-order valence-corrected chi connectivity index (χ4v) is 2.38. The largest absolute Gasteiger partial charge is 0.322 e. The van der Waals surface area contributed by atoms with Crippen LogP contribution in [0.3, 0.4) is 0 Å². The molecule has 2 N–H and O–H groups in total. The van der Waals surface area contributed by atoms with Crippen LogP contribution in [0, 0.1) is 0 Å². The number of hydrogen-bond donors (Lipinski definition) is 2. The van der Waals surface area contributed by atoms with Gasteiger partial charge in [0.25, 0.3) is 0 Å². The number of anilines is 1. The van der Waals surface area contributed by atoms with Gasteiger partial charge in [-0.25, -0.2) is 4.79 Å². The molecule has 0 radical (unpaired) electrons. The molecule has 1 fully saturated rings. The second-order valence-corrected chi connectivity index (χ2v) is 4.58. The topological polar surface area (TPSA) is 44.4 Å². The summed E-state index contributed by atoms with van der Waals surface area (Å²) in [5.41, 5.74) is 0.852.